The molecule has 1 aliphatic heterocycles. The van der Waals surface area contributed by atoms with E-state index in [2.05, 4.69) is 32.7 Å². The maximum absolute atomic E-state index is 4.51. The van der Waals surface area contributed by atoms with Gasteiger partial charge in [-0.2, -0.15) is 0 Å². The molecule has 86 valence electrons. The molecule has 0 aliphatic carbocycles. The molecule has 0 spiro atoms. The van der Waals surface area contributed by atoms with E-state index in [1.807, 2.05) is 6.20 Å². The summed E-state index contributed by atoms with van der Waals surface area (Å²) in [6, 6.07) is 4.26. The molecule has 0 aromatic carbocycles. The number of hydrogen-bond acceptors (Lipinski definition) is 4. The van der Waals surface area contributed by atoms with Crippen LogP contribution in [0.5, 0.6) is 0 Å². The lowest BCUT2D eigenvalue weighted by Gasteiger charge is -2.28. The second kappa shape index (κ2) is 4.99. The number of nitrogens with zero attached hydrogens (tertiary/aromatic N) is 2. The largest absolute Gasteiger partial charge is 0.354 e. The zero-order chi connectivity index (χ0) is 10.1. The average molecular weight is 256 g/mol. The fraction of sp³-hybridized carbons (Fsp3) is 0.364. The molecule has 1 fully saturated rings. The smallest absolute Gasteiger partial charge is 0.137 e. The van der Waals surface area contributed by atoms with E-state index in [1.165, 1.54) is 10.1 Å². The Balaban J connectivity index is 0.000000963. The number of fused-ring (bicyclic) bond motifs is 1. The van der Waals surface area contributed by atoms with Crippen molar-refractivity contribution in [3.63, 3.8) is 0 Å². The number of thiophene rings is 1. The van der Waals surface area contributed by atoms with Crippen molar-refractivity contribution >= 4 is 39.6 Å². The van der Waals surface area contributed by atoms with E-state index in [0.717, 1.165) is 32.0 Å². The van der Waals surface area contributed by atoms with Gasteiger partial charge < -0.3 is 10.2 Å². The summed E-state index contributed by atoms with van der Waals surface area (Å²) >= 11 is 1.78. The Labute approximate surface area is 105 Å². The van der Waals surface area contributed by atoms with Crippen LogP contribution in [0.1, 0.15) is 0 Å². The highest BCUT2D eigenvalue weighted by atomic mass is 35.5. The van der Waals surface area contributed by atoms with Crippen LogP contribution in [0.25, 0.3) is 10.1 Å². The highest BCUT2D eigenvalue weighted by Crippen LogP contribution is 2.28. The molecule has 1 saturated heterocycles. The molecule has 16 heavy (non-hydrogen) atoms. The molecule has 0 atom stereocenters. The molecule has 0 amide bonds. The molecular formula is C11H14ClN3S. The van der Waals surface area contributed by atoms with Gasteiger partial charge in [0.15, 0.2) is 0 Å². The van der Waals surface area contributed by atoms with Gasteiger partial charge in [-0.25, -0.2) is 4.98 Å². The summed E-state index contributed by atoms with van der Waals surface area (Å²) in [5.74, 6) is 1.15. The Morgan fingerprint density at radius 3 is 2.88 bits per heavy atom. The minimum absolute atomic E-state index is 0. The monoisotopic (exact) mass is 255 g/mol. The molecule has 3 nitrogen and oxygen atoms in total. The van der Waals surface area contributed by atoms with Crippen molar-refractivity contribution in [1.29, 1.82) is 0 Å². The van der Waals surface area contributed by atoms with Gasteiger partial charge in [-0.05, 0) is 17.5 Å². The summed E-state index contributed by atoms with van der Waals surface area (Å²) in [7, 11) is 0. The molecule has 1 N–H and O–H groups in total. The van der Waals surface area contributed by atoms with Gasteiger partial charge in [0.05, 0.1) is 0 Å². The van der Waals surface area contributed by atoms with E-state index in [1.54, 1.807) is 11.3 Å². The van der Waals surface area contributed by atoms with E-state index >= 15 is 0 Å². The molecule has 0 unspecified atom stereocenters. The van der Waals surface area contributed by atoms with Crippen LogP contribution in [0.4, 0.5) is 5.82 Å². The SMILES string of the molecule is Cl.c1cc2sccc2c(N2CCNCC2)n1. The Morgan fingerprint density at radius 2 is 2.06 bits per heavy atom. The summed E-state index contributed by atoms with van der Waals surface area (Å²) in [6.45, 7) is 4.23. The number of piperazine rings is 1. The Hall–Kier alpha value is -0.840. The van der Waals surface area contributed by atoms with Crippen molar-refractivity contribution in [1.82, 2.24) is 10.3 Å². The first kappa shape index (κ1) is 11.6. The van der Waals surface area contributed by atoms with Gasteiger partial charge in [0.2, 0.25) is 0 Å². The molecule has 2 aromatic rings. The van der Waals surface area contributed by atoms with Gasteiger partial charge in [-0.1, -0.05) is 0 Å². The fourth-order valence-corrected chi connectivity index (χ4v) is 2.78. The summed E-state index contributed by atoms with van der Waals surface area (Å²) < 4.78 is 1.33. The van der Waals surface area contributed by atoms with Gasteiger partial charge in [-0.15, -0.1) is 23.7 Å². The van der Waals surface area contributed by atoms with Crippen molar-refractivity contribution in [3.8, 4) is 0 Å². The molecule has 0 bridgehead atoms. The molecular weight excluding hydrogens is 242 g/mol. The zero-order valence-corrected chi connectivity index (χ0v) is 10.5. The van der Waals surface area contributed by atoms with E-state index < -0.39 is 0 Å². The van der Waals surface area contributed by atoms with Crippen molar-refractivity contribution in [2.45, 2.75) is 0 Å². The molecule has 0 radical (unpaired) electrons. The Morgan fingerprint density at radius 1 is 1.25 bits per heavy atom. The number of anilines is 1. The quantitative estimate of drug-likeness (QED) is 0.846. The lowest BCUT2D eigenvalue weighted by molar-refractivity contribution is 0.586. The minimum Gasteiger partial charge on any atom is -0.354 e. The average Bonchev–Trinajstić information content (AvgIpc) is 2.78. The second-order valence-corrected chi connectivity index (χ2v) is 4.65. The molecule has 0 saturated carbocycles. The third-order valence-corrected chi connectivity index (χ3v) is 3.66. The number of pyridine rings is 1. The maximum atomic E-state index is 4.51. The van der Waals surface area contributed by atoms with E-state index in [0.29, 0.717) is 0 Å². The van der Waals surface area contributed by atoms with Crippen molar-refractivity contribution in [2.24, 2.45) is 0 Å². The van der Waals surface area contributed by atoms with E-state index in [4.69, 9.17) is 0 Å². The minimum atomic E-state index is 0. The lowest BCUT2D eigenvalue weighted by atomic mass is 10.2. The molecule has 1 aliphatic rings. The van der Waals surface area contributed by atoms with Crippen LogP contribution in [0.15, 0.2) is 23.7 Å². The summed E-state index contributed by atoms with van der Waals surface area (Å²) in [4.78, 5) is 6.87. The molecule has 3 heterocycles. The number of hydrogen-bond donors (Lipinski definition) is 1. The first-order valence-electron chi connectivity index (χ1n) is 5.23. The summed E-state index contributed by atoms with van der Waals surface area (Å²) in [6.07, 6.45) is 1.91. The standard InChI is InChI=1S/C11H13N3S.ClH/c1-3-13-11(9-2-8-15-10(1)9)14-6-4-12-5-7-14;/h1-3,8,12H,4-7H2;1H. The van der Waals surface area contributed by atoms with Crippen LogP contribution in [-0.2, 0) is 0 Å². The van der Waals surface area contributed by atoms with Crippen LogP contribution in [-0.4, -0.2) is 31.2 Å². The zero-order valence-electron chi connectivity index (χ0n) is 8.85. The molecule has 3 rings (SSSR count). The lowest BCUT2D eigenvalue weighted by Crippen LogP contribution is -2.43. The first-order valence-corrected chi connectivity index (χ1v) is 6.11. The highest BCUT2D eigenvalue weighted by Gasteiger charge is 2.14. The van der Waals surface area contributed by atoms with Crippen LogP contribution < -0.4 is 10.2 Å². The number of nitrogens with one attached hydrogen (secondary N) is 1. The van der Waals surface area contributed by atoms with Crippen LogP contribution in [0.3, 0.4) is 0 Å². The third kappa shape index (κ3) is 2.00. The predicted octanol–water partition coefficient (Wildman–Crippen LogP) is 2.13. The topological polar surface area (TPSA) is 28.2 Å². The third-order valence-electron chi connectivity index (χ3n) is 2.78. The summed E-state index contributed by atoms with van der Waals surface area (Å²) in [5, 5.41) is 6.79. The Bertz CT molecular complexity index is 465. The van der Waals surface area contributed by atoms with E-state index in [-0.39, 0.29) is 12.4 Å². The first-order chi connectivity index (χ1) is 7.45. The van der Waals surface area contributed by atoms with Gasteiger partial charge in [0.25, 0.3) is 0 Å². The van der Waals surface area contributed by atoms with Crippen LogP contribution in [0.2, 0.25) is 0 Å². The highest BCUT2D eigenvalue weighted by molar-refractivity contribution is 7.17. The van der Waals surface area contributed by atoms with Crippen molar-refractivity contribution < 1.29 is 0 Å². The number of rotatable bonds is 1. The second-order valence-electron chi connectivity index (χ2n) is 3.70. The normalized spacial score (nSPS) is 16.1. The predicted molar refractivity (Wildman–Crippen MR) is 72.0 cm³/mol. The van der Waals surface area contributed by atoms with Gasteiger partial charge in [0, 0.05) is 42.5 Å². The molecule has 2 aromatic heterocycles. The van der Waals surface area contributed by atoms with Gasteiger partial charge in [0.1, 0.15) is 5.82 Å². The van der Waals surface area contributed by atoms with Gasteiger partial charge in [-0.3, -0.25) is 0 Å². The summed E-state index contributed by atoms with van der Waals surface area (Å²) in [5.41, 5.74) is 0. The van der Waals surface area contributed by atoms with Crippen LogP contribution >= 0.6 is 23.7 Å². The van der Waals surface area contributed by atoms with Crippen LogP contribution in [0, 0.1) is 0 Å². The Kier molecular flexibility index (Phi) is 3.63. The number of aromatic nitrogens is 1. The number of halogens is 1. The maximum Gasteiger partial charge on any atom is 0.137 e. The molecule has 5 heteroatoms. The fourth-order valence-electron chi connectivity index (χ4n) is 2.01. The van der Waals surface area contributed by atoms with Crippen molar-refractivity contribution in [3.05, 3.63) is 23.7 Å². The van der Waals surface area contributed by atoms with E-state index in [9.17, 15) is 0 Å². The van der Waals surface area contributed by atoms with Gasteiger partial charge >= 0.3 is 0 Å². The van der Waals surface area contributed by atoms with Crippen molar-refractivity contribution in [2.75, 3.05) is 31.1 Å².